The van der Waals surface area contributed by atoms with Crippen LogP contribution in [-0.4, -0.2) is 46.2 Å². The molecule has 3 aromatic rings. The highest BCUT2D eigenvalue weighted by Gasteiger charge is 2.34. The Labute approximate surface area is 163 Å². The van der Waals surface area contributed by atoms with E-state index in [1.165, 1.54) is 0 Å². The van der Waals surface area contributed by atoms with Gasteiger partial charge < -0.3 is 9.42 Å². The van der Waals surface area contributed by atoms with E-state index >= 15 is 0 Å². The first-order valence-corrected chi connectivity index (χ1v) is 9.60. The van der Waals surface area contributed by atoms with E-state index in [2.05, 4.69) is 20.0 Å². The van der Waals surface area contributed by atoms with Crippen LogP contribution in [0.1, 0.15) is 16.3 Å². The minimum Gasteiger partial charge on any atom is -0.346 e. The van der Waals surface area contributed by atoms with E-state index < -0.39 is 11.1 Å². The van der Waals surface area contributed by atoms with Crippen LogP contribution in [0.2, 0.25) is 0 Å². The summed E-state index contributed by atoms with van der Waals surface area (Å²) in [5.41, 5.74) is 2.06. The van der Waals surface area contributed by atoms with Crippen molar-refractivity contribution in [2.24, 2.45) is 0 Å². The molecule has 0 unspecified atom stereocenters. The van der Waals surface area contributed by atoms with Crippen LogP contribution in [0.15, 0.2) is 35.0 Å². The van der Waals surface area contributed by atoms with Crippen molar-refractivity contribution >= 4 is 16.5 Å². The average Bonchev–Trinajstić information content (AvgIpc) is 3.33. The summed E-state index contributed by atoms with van der Waals surface area (Å²) in [7, 11) is 0. The fourth-order valence-electron chi connectivity index (χ4n) is 2.97. The van der Waals surface area contributed by atoms with Gasteiger partial charge in [-0.2, -0.15) is 18.2 Å². The van der Waals surface area contributed by atoms with Gasteiger partial charge in [0.2, 0.25) is 11.7 Å². The van der Waals surface area contributed by atoms with Crippen LogP contribution in [0, 0.1) is 6.92 Å². The minimum atomic E-state index is -4.34. The summed E-state index contributed by atoms with van der Waals surface area (Å²) in [5.74, 6) is 1.08. The molecular formula is C18H18F3N5OS. The number of hydrogen-bond acceptors (Lipinski definition) is 7. The fraction of sp³-hybridized carbons (Fsp3) is 0.389. The third-order valence-electron chi connectivity index (χ3n) is 4.55. The largest absolute Gasteiger partial charge is 0.427 e. The average molecular weight is 409 g/mol. The Balaban J connectivity index is 1.33. The summed E-state index contributed by atoms with van der Waals surface area (Å²) in [6.07, 6.45) is -3.44. The SMILES string of the molecule is Cc1ccc(-c2noc(CN3CCN(c4ncc(C(F)(F)F)s4)CC3)n2)cc1. The number of aryl methyl sites for hydroxylation is 1. The topological polar surface area (TPSA) is 58.3 Å². The van der Waals surface area contributed by atoms with Gasteiger partial charge in [0.1, 0.15) is 4.88 Å². The van der Waals surface area contributed by atoms with Gasteiger partial charge in [-0.25, -0.2) is 4.98 Å². The molecule has 1 fully saturated rings. The number of piperazine rings is 1. The second-order valence-electron chi connectivity index (χ2n) is 6.65. The molecule has 1 aliphatic heterocycles. The number of hydrogen-bond donors (Lipinski definition) is 0. The summed E-state index contributed by atoms with van der Waals surface area (Å²) < 4.78 is 43.6. The summed E-state index contributed by atoms with van der Waals surface area (Å²) in [4.78, 5) is 11.7. The number of rotatable bonds is 4. The highest BCUT2D eigenvalue weighted by Crippen LogP contribution is 2.36. The Morgan fingerprint density at radius 3 is 2.46 bits per heavy atom. The fourth-order valence-corrected chi connectivity index (χ4v) is 3.80. The molecule has 0 spiro atoms. The van der Waals surface area contributed by atoms with Crippen molar-refractivity contribution in [3.63, 3.8) is 0 Å². The third kappa shape index (κ3) is 4.17. The third-order valence-corrected chi connectivity index (χ3v) is 5.66. The number of benzene rings is 1. The van der Waals surface area contributed by atoms with Gasteiger partial charge in [0.05, 0.1) is 12.7 Å². The lowest BCUT2D eigenvalue weighted by Crippen LogP contribution is -2.46. The van der Waals surface area contributed by atoms with Crippen molar-refractivity contribution in [3.05, 3.63) is 46.8 Å². The van der Waals surface area contributed by atoms with Crippen LogP contribution in [0.4, 0.5) is 18.3 Å². The lowest BCUT2D eigenvalue weighted by Gasteiger charge is -2.33. The van der Waals surface area contributed by atoms with Crippen molar-refractivity contribution in [2.75, 3.05) is 31.1 Å². The Bertz CT molecular complexity index is 929. The first-order chi connectivity index (χ1) is 13.4. The molecular weight excluding hydrogens is 391 g/mol. The molecule has 6 nitrogen and oxygen atoms in total. The summed E-state index contributed by atoms with van der Waals surface area (Å²) in [6.45, 7) is 5.10. The van der Waals surface area contributed by atoms with E-state index in [-0.39, 0.29) is 0 Å². The van der Waals surface area contributed by atoms with Crippen molar-refractivity contribution in [2.45, 2.75) is 19.6 Å². The number of aromatic nitrogens is 3. The van der Waals surface area contributed by atoms with Crippen LogP contribution in [0.25, 0.3) is 11.4 Å². The van der Waals surface area contributed by atoms with E-state index in [4.69, 9.17) is 4.52 Å². The van der Waals surface area contributed by atoms with Crippen LogP contribution < -0.4 is 4.90 Å². The van der Waals surface area contributed by atoms with E-state index in [0.717, 1.165) is 17.3 Å². The molecule has 0 radical (unpaired) electrons. The van der Waals surface area contributed by atoms with Gasteiger partial charge in [-0.1, -0.05) is 46.3 Å². The highest BCUT2D eigenvalue weighted by molar-refractivity contribution is 7.15. The number of alkyl halides is 3. The Morgan fingerprint density at radius 2 is 1.82 bits per heavy atom. The number of nitrogens with zero attached hydrogens (tertiary/aromatic N) is 5. The molecule has 0 amide bonds. The molecule has 4 rings (SSSR count). The lowest BCUT2D eigenvalue weighted by atomic mass is 10.1. The zero-order valence-electron chi connectivity index (χ0n) is 15.1. The molecule has 0 bridgehead atoms. The van der Waals surface area contributed by atoms with Crippen molar-refractivity contribution < 1.29 is 17.7 Å². The molecule has 3 heterocycles. The maximum absolute atomic E-state index is 12.7. The first kappa shape index (κ1) is 18.9. The van der Waals surface area contributed by atoms with Gasteiger partial charge in [-0.3, -0.25) is 4.90 Å². The molecule has 28 heavy (non-hydrogen) atoms. The number of halogens is 3. The summed E-state index contributed by atoms with van der Waals surface area (Å²) in [6, 6.07) is 7.89. The predicted octanol–water partition coefficient (Wildman–Crippen LogP) is 3.84. The molecule has 1 aromatic carbocycles. The van der Waals surface area contributed by atoms with Gasteiger partial charge in [-0.05, 0) is 6.92 Å². The molecule has 148 valence electrons. The summed E-state index contributed by atoms with van der Waals surface area (Å²) in [5, 5.41) is 4.44. The Hall–Kier alpha value is -2.46. The van der Waals surface area contributed by atoms with Crippen LogP contribution in [0.5, 0.6) is 0 Å². The van der Waals surface area contributed by atoms with Crippen LogP contribution in [0.3, 0.4) is 0 Å². The van der Waals surface area contributed by atoms with Crippen LogP contribution in [-0.2, 0) is 12.7 Å². The molecule has 0 atom stereocenters. The van der Waals surface area contributed by atoms with Gasteiger partial charge >= 0.3 is 6.18 Å². The summed E-state index contributed by atoms with van der Waals surface area (Å²) >= 11 is 0.684. The molecule has 1 aliphatic rings. The zero-order valence-corrected chi connectivity index (χ0v) is 15.9. The van der Waals surface area contributed by atoms with Gasteiger partial charge in [0, 0.05) is 31.7 Å². The maximum atomic E-state index is 12.7. The lowest BCUT2D eigenvalue weighted by molar-refractivity contribution is -0.134. The monoisotopic (exact) mass is 409 g/mol. The van der Waals surface area contributed by atoms with E-state index in [1.54, 1.807) is 0 Å². The molecule has 10 heteroatoms. The van der Waals surface area contributed by atoms with Gasteiger partial charge in [0.15, 0.2) is 5.13 Å². The quantitative estimate of drug-likeness (QED) is 0.653. The molecule has 0 saturated carbocycles. The Morgan fingerprint density at radius 1 is 1.11 bits per heavy atom. The molecule has 0 N–H and O–H groups in total. The predicted molar refractivity (Wildman–Crippen MR) is 99.1 cm³/mol. The van der Waals surface area contributed by atoms with Crippen molar-refractivity contribution in [1.29, 1.82) is 0 Å². The van der Waals surface area contributed by atoms with Crippen molar-refractivity contribution in [1.82, 2.24) is 20.0 Å². The van der Waals surface area contributed by atoms with E-state index in [0.29, 0.717) is 60.9 Å². The second-order valence-corrected chi connectivity index (χ2v) is 7.65. The standard InChI is InChI=1S/C18H18F3N5OS/c1-12-2-4-13(5-3-12)16-23-15(27-24-16)11-25-6-8-26(9-7-25)17-22-10-14(28-17)18(19,20)21/h2-5,10H,6-9,11H2,1H3. The normalized spacial score (nSPS) is 15.9. The maximum Gasteiger partial charge on any atom is 0.427 e. The highest BCUT2D eigenvalue weighted by atomic mass is 32.1. The molecule has 1 saturated heterocycles. The first-order valence-electron chi connectivity index (χ1n) is 8.78. The smallest absolute Gasteiger partial charge is 0.346 e. The minimum absolute atomic E-state index is 0.409. The second kappa shape index (κ2) is 7.51. The van der Waals surface area contributed by atoms with Crippen LogP contribution >= 0.6 is 11.3 Å². The van der Waals surface area contributed by atoms with Gasteiger partial charge in [-0.15, -0.1) is 0 Å². The molecule has 0 aliphatic carbocycles. The van der Waals surface area contributed by atoms with Gasteiger partial charge in [0.25, 0.3) is 0 Å². The van der Waals surface area contributed by atoms with E-state index in [9.17, 15) is 13.2 Å². The van der Waals surface area contributed by atoms with Crippen molar-refractivity contribution in [3.8, 4) is 11.4 Å². The Kier molecular flexibility index (Phi) is 5.07. The van der Waals surface area contributed by atoms with E-state index in [1.807, 2.05) is 36.1 Å². The number of thiazole rings is 1. The number of anilines is 1. The molecule has 2 aromatic heterocycles. The zero-order chi connectivity index (χ0) is 19.7.